The zero-order valence-corrected chi connectivity index (χ0v) is 20.2. The number of benzene rings is 4. The second kappa shape index (κ2) is 11.8. The van der Waals surface area contributed by atoms with Crippen LogP contribution in [0, 0.1) is 6.92 Å². The Kier molecular flexibility index (Phi) is 8.11. The number of esters is 1. The second-order valence-corrected chi connectivity index (χ2v) is 8.32. The molecular formula is C29H23ClN2O4. The average molecular weight is 499 g/mol. The molecule has 0 fully saturated rings. The fourth-order valence-electron chi connectivity index (χ4n) is 3.33. The van der Waals surface area contributed by atoms with Crippen LogP contribution in [0.2, 0.25) is 5.02 Å². The highest BCUT2D eigenvalue weighted by molar-refractivity contribution is 6.30. The number of halogens is 1. The zero-order chi connectivity index (χ0) is 25.3. The first kappa shape index (κ1) is 24.7. The molecule has 0 saturated heterocycles. The maximum absolute atomic E-state index is 12.7. The molecule has 1 N–H and O–H groups in total. The summed E-state index contributed by atoms with van der Waals surface area (Å²) >= 11 is 5.92. The van der Waals surface area contributed by atoms with Gasteiger partial charge in [-0.3, -0.25) is 4.79 Å². The Hall–Kier alpha value is -4.42. The highest BCUT2D eigenvalue weighted by Gasteiger charge is 2.12. The molecule has 180 valence electrons. The Bertz CT molecular complexity index is 1380. The molecule has 6 nitrogen and oxygen atoms in total. The van der Waals surface area contributed by atoms with Crippen LogP contribution in [0.1, 0.15) is 37.4 Å². The van der Waals surface area contributed by atoms with Gasteiger partial charge in [0.05, 0.1) is 17.3 Å². The van der Waals surface area contributed by atoms with Crippen LogP contribution in [0.5, 0.6) is 11.5 Å². The summed E-state index contributed by atoms with van der Waals surface area (Å²) in [5, 5.41) is 4.68. The van der Waals surface area contributed by atoms with Crippen molar-refractivity contribution < 1.29 is 19.1 Å². The lowest BCUT2D eigenvalue weighted by Gasteiger charge is -2.10. The van der Waals surface area contributed by atoms with Crippen molar-refractivity contribution in [3.8, 4) is 11.5 Å². The van der Waals surface area contributed by atoms with E-state index in [1.165, 1.54) is 6.21 Å². The van der Waals surface area contributed by atoms with Crippen LogP contribution in [0.15, 0.2) is 102 Å². The number of nitrogens with zero attached hydrogens (tertiary/aromatic N) is 1. The van der Waals surface area contributed by atoms with E-state index in [-0.39, 0.29) is 0 Å². The van der Waals surface area contributed by atoms with Crippen molar-refractivity contribution in [1.29, 1.82) is 0 Å². The minimum atomic E-state index is -0.418. The molecule has 0 aromatic heterocycles. The van der Waals surface area contributed by atoms with E-state index in [9.17, 15) is 9.59 Å². The minimum Gasteiger partial charge on any atom is -0.488 e. The van der Waals surface area contributed by atoms with Crippen molar-refractivity contribution in [2.75, 3.05) is 0 Å². The molecular weight excluding hydrogens is 476 g/mol. The summed E-state index contributed by atoms with van der Waals surface area (Å²) in [7, 11) is 0. The number of hydrogen-bond acceptors (Lipinski definition) is 5. The monoisotopic (exact) mass is 498 g/mol. The third kappa shape index (κ3) is 6.58. The molecule has 36 heavy (non-hydrogen) atoms. The molecule has 0 bridgehead atoms. The first-order valence-corrected chi connectivity index (χ1v) is 11.5. The van der Waals surface area contributed by atoms with Crippen LogP contribution in [0.4, 0.5) is 0 Å². The van der Waals surface area contributed by atoms with E-state index >= 15 is 0 Å². The SMILES string of the molecule is Cc1ccccc1C(=O)Oc1ccc(C=NNC(=O)c2ccccc2OCc2ccc(Cl)cc2)cc1. The van der Waals surface area contributed by atoms with Crippen LogP contribution >= 0.6 is 11.6 Å². The van der Waals surface area contributed by atoms with Crippen molar-refractivity contribution >= 4 is 29.7 Å². The van der Waals surface area contributed by atoms with E-state index in [1.54, 1.807) is 72.8 Å². The predicted octanol–water partition coefficient (Wildman–Crippen LogP) is 6.21. The van der Waals surface area contributed by atoms with Gasteiger partial charge in [0.25, 0.3) is 5.91 Å². The van der Waals surface area contributed by atoms with Crippen LogP contribution < -0.4 is 14.9 Å². The third-order valence-electron chi connectivity index (χ3n) is 5.27. The summed E-state index contributed by atoms with van der Waals surface area (Å²) in [5.74, 6) is 0.0386. The van der Waals surface area contributed by atoms with Gasteiger partial charge in [0.2, 0.25) is 0 Å². The molecule has 0 radical (unpaired) electrons. The number of nitrogens with one attached hydrogen (secondary N) is 1. The first-order valence-electron chi connectivity index (χ1n) is 11.2. The highest BCUT2D eigenvalue weighted by Crippen LogP contribution is 2.20. The molecule has 4 aromatic carbocycles. The normalized spacial score (nSPS) is 10.7. The molecule has 0 aliphatic rings. The van der Waals surface area contributed by atoms with E-state index in [1.807, 2.05) is 31.2 Å². The summed E-state index contributed by atoms with van der Waals surface area (Å²) in [5.41, 5.74) is 5.89. The molecule has 0 heterocycles. The van der Waals surface area contributed by atoms with Gasteiger partial charge in [-0.1, -0.05) is 54.1 Å². The molecule has 0 aliphatic carbocycles. The lowest BCUT2D eigenvalue weighted by atomic mass is 10.1. The number of carbonyl (C=O) groups is 2. The molecule has 7 heteroatoms. The number of rotatable bonds is 8. The van der Waals surface area contributed by atoms with Crippen LogP contribution in [-0.2, 0) is 6.61 Å². The lowest BCUT2D eigenvalue weighted by Crippen LogP contribution is -2.18. The Balaban J connectivity index is 1.33. The standard InChI is InChI=1S/C29H23ClN2O4/c1-20-6-2-3-7-25(20)29(34)36-24-16-12-21(13-17-24)18-31-32-28(33)26-8-4-5-9-27(26)35-19-22-10-14-23(30)15-11-22/h2-18H,19H2,1H3,(H,32,33). The van der Waals surface area contributed by atoms with Crippen molar-refractivity contribution in [2.45, 2.75) is 13.5 Å². The molecule has 0 spiro atoms. The van der Waals surface area contributed by atoms with Crippen molar-refractivity contribution in [3.63, 3.8) is 0 Å². The molecule has 0 aliphatic heterocycles. The quantitative estimate of drug-likeness (QED) is 0.135. The number of ether oxygens (including phenoxy) is 2. The Morgan fingerprint density at radius 2 is 1.53 bits per heavy atom. The van der Waals surface area contributed by atoms with Crippen LogP contribution in [0.3, 0.4) is 0 Å². The number of carbonyl (C=O) groups excluding carboxylic acids is 2. The van der Waals surface area contributed by atoms with Gasteiger partial charge in [0, 0.05) is 5.02 Å². The number of amides is 1. The predicted molar refractivity (Wildman–Crippen MR) is 140 cm³/mol. The van der Waals surface area contributed by atoms with Gasteiger partial charge in [-0.05, 0) is 78.2 Å². The molecule has 4 aromatic rings. The maximum atomic E-state index is 12.7. The Morgan fingerprint density at radius 3 is 2.25 bits per heavy atom. The number of hydrazone groups is 1. The van der Waals surface area contributed by atoms with Gasteiger partial charge < -0.3 is 9.47 Å². The minimum absolute atomic E-state index is 0.297. The topological polar surface area (TPSA) is 77.0 Å². The Labute approximate surface area is 214 Å². The summed E-state index contributed by atoms with van der Waals surface area (Å²) < 4.78 is 11.3. The van der Waals surface area contributed by atoms with Crippen LogP contribution in [0.25, 0.3) is 0 Å². The zero-order valence-electron chi connectivity index (χ0n) is 19.5. The average Bonchev–Trinajstić information content (AvgIpc) is 2.89. The maximum Gasteiger partial charge on any atom is 0.343 e. The van der Waals surface area contributed by atoms with Gasteiger partial charge in [-0.15, -0.1) is 0 Å². The van der Waals surface area contributed by atoms with Gasteiger partial charge in [0.1, 0.15) is 18.1 Å². The number of hydrogen-bond donors (Lipinski definition) is 1. The van der Waals surface area contributed by atoms with Gasteiger partial charge in [0.15, 0.2) is 0 Å². The van der Waals surface area contributed by atoms with E-state index in [0.717, 1.165) is 16.7 Å². The highest BCUT2D eigenvalue weighted by atomic mass is 35.5. The van der Waals surface area contributed by atoms with Crippen LogP contribution in [-0.4, -0.2) is 18.1 Å². The third-order valence-corrected chi connectivity index (χ3v) is 5.53. The summed E-state index contributed by atoms with van der Waals surface area (Å²) in [6.07, 6.45) is 1.50. The largest absolute Gasteiger partial charge is 0.488 e. The molecule has 0 unspecified atom stereocenters. The van der Waals surface area contributed by atoms with Crippen molar-refractivity contribution in [1.82, 2.24) is 5.43 Å². The van der Waals surface area contributed by atoms with Gasteiger partial charge >= 0.3 is 5.97 Å². The molecule has 0 saturated carbocycles. The Morgan fingerprint density at radius 1 is 0.861 bits per heavy atom. The smallest absolute Gasteiger partial charge is 0.343 e. The van der Waals surface area contributed by atoms with Gasteiger partial charge in [-0.2, -0.15) is 5.10 Å². The molecule has 4 rings (SSSR count). The van der Waals surface area contributed by atoms with E-state index in [4.69, 9.17) is 21.1 Å². The lowest BCUT2D eigenvalue weighted by molar-refractivity contribution is 0.0733. The number of aryl methyl sites for hydroxylation is 1. The van der Waals surface area contributed by atoms with Crippen molar-refractivity contribution in [2.24, 2.45) is 5.10 Å². The second-order valence-electron chi connectivity index (χ2n) is 7.88. The summed E-state index contributed by atoms with van der Waals surface area (Å²) in [6.45, 7) is 2.15. The summed E-state index contributed by atoms with van der Waals surface area (Å²) in [6, 6.07) is 28.3. The van der Waals surface area contributed by atoms with Gasteiger partial charge in [-0.25, -0.2) is 10.2 Å². The van der Waals surface area contributed by atoms with E-state index in [2.05, 4.69) is 10.5 Å². The molecule has 0 atom stereocenters. The fourth-order valence-corrected chi connectivity index (χ4v) is 3.46. The molecule has 1 amide bonds. The fraction of sp³-hybridized carbons (Fsp3) is 0.0690. The van der Waals surface area contributed by atoms with E-state index in [0.29, 0.717) is 34.3 Å². The van der Waals surface area contributed by atoms with E-state index < -0.39 is 11.9 Å². The number of para-hydroxylation sites is 1. The summed E-state index contributed by atoms with van der Waals surface area (Å²) in [4.78, 5) is 25.0. The first-order chi connectivity index (χ1) is 17.5. The van der Waals surface area contributed by atoms with Crippen molar-refractivity contribution in [3.05, 3.63) is 130 Å².